The summed E-state index contributed by atoms with van der Waals surface area (Å²) in [5.74, 6) is 10.5. The molecule has 15 aromatic carbocycles. The van der Waals surface area contributed by atoms with Crippen molar-refractivity contribution in [3.05, 3.63) is 376 Å². The average molecular weight is 1880 g/mol. The van der Waals surface area contributed by atoms with Gasteiger partial charge in [0.15, 0.2) is 0 Å². The van der Waals surface area contributed by atoms with Crippen molar-refractivity contribution in [2.24, 2.45) is 71.0 Å². The summed E-state index contributed by atoms with van der Waals surface area (Å²) in [6, 6.07) is 123. The fourth-order valence-electron chi connectivity index (χ4n) is 36.2. The summed E-state index contributed by atoms with van der Waals surface area (Å²) in [4.78, 5) is 15.8. The minimum absolute atomic E-state index is 0.0553. The summed E-state index contributed by atoms with van der Waals surface area (Å²) < 4.78 is 0. The molecule has 36 rings (SSSR count). The van der Waals surface area contributed by atoms with Gasteiger partial charge in [-0.1, -0.05) is 275 Å². The fraction of sp³-hybridized carbons (Fsp3) is 0.338. The molecule has 9 heterocycles. The van der Waals surface area contributed by atoms with Gasteiger partial charge in [0.1, 0.15) is 0 Å². The highest BCUT2D eigenvalue weighted by molar-refractivity contribution is 7.02. The Morgan fingerprint density at radius 3 is 0.897 bits per heavy atom. The van der Waals surface area contributed by atoms with Gasteiger partial charge in [-0.3, -0.25) is 0 Å². The van der Waals surface area contributed by atoms with Gasteiger partial charge in [0.2, 0.25) is 0 Å². The quantitative estimate of drug-likeness (QED) is 0.153. The van der Waals surface area contributed by atoms with Crippen molar-refractivity contribution in [1.29, 1.82) is 0 Å². The highest BCUT2D eigenvalue weighted by atomic mass is 15.2. The predicted octanol–water partition coefficient (Wildman–Crippen LogP) is 28.6. The Balaban J connectivity index is 0.0000000990. The molecule has 6 nitrogen and oxygen atoms in total. The smallest absolute Gasteiger partial charge is 0.252 e. The first-order valence-corrected chi connectivity index (χ1v) is 56.3. The normalized spacial score (nSPS) is 26.5. The van der Waals surface area contributed by atoms with E-state index in [0.717, 1.165) is 83.9 Å². The number of hydrogen-bond donors (Lipinski definition) is 0. The summed E-state index contributed by atoms with van der Waals surface area (Å²) in [6.45, 7) is 26.0. The van der Waals surface area contributed by atoms with Crippen LogP contribution < -0.4 is 78.6 Å². The Labute approximate surface area is 860 Å². The third-order valence-electron chi connectivity index (χ3n) is 41.3. The van der Waals surface area contributed by atoms with E-state index in [9.17, 15) is 0 Å². The molecule has 15 aromatic rings. The lowest BCUT2D eigenvalue weighted by atomic mass is 9.32. The van der Waals surface area contributed by atoms with Gasteiger partial charge in [-0.2, -0.15) is 0 Å². The van der Waals surface area contributed by atoms with Crippen LogP contribution >= 0.6 is 0 Å². The van der Waals surface area contributed by atoms with E-state index in [2.05, 4.69) is 415 Å². The third kappa shape index (κ3) is 11.7. The first-order valence-electron chi connectivity index (χ1n) is 56.3. The lowest BCUT2D eigenvalue weighted by Gasteiger charge is -2.64. The van der Waals surface area contributed by atoms with Gasteiger partial charge < -0.3 is 29.4 Å². The van der Waals surface area contributed by atoms with Crippen molar-refractivity contribution < 1.29 is 0 Å². The van der Waals surface area contributed by atoms with Crippen molar-refractivity contribution >= 4 is 172 Å². The number of fused-ring (bicyclic) bond motifs is 18. The zero-order valence-corrected chi connectivity index (χ0v) is 86.4. The Morgan fingerprint density at radius 1 is 0.255 bits per heavy atom. The molecule has 145 heavy (non-hydrogen) atoms. The van der Waals surface area contributed by atoms with Crippen LogP contribution in [0.1, 0.15) is 238 Å². The Kier molecular flexibility index (Phi) is 18.5. The zero-order valence-electron chi connectivity index (χ0n) is 86.4. The van der Waals surface area contributed by atoms with Crippen LogP contribution in [0.3, 0.4) is 0 Å². The van der Waals surface area contributed by atoms with Crippen LogP contribution in [0.5, 0.6) is 0 Å². The van der Waals surface area contributed by atoms with Crippen LogP contribution in [0.25, 0.3) is 0 Å². The molecule has 9 aliphatic heterocycles. The van der Waals surface area contributed by atoms with Gasteiger partial charge in [-0.05, 0) is 423 Å². The second-order valence-corrected chi connectivity index (χ2v) is 50.6. The SMILES string of the molecule is CCc1ccc(N2c3cc(C(C)(C)C)ccc3B3c4cccc5c4N(c4ccccc4C54C5CC6CC(C5)CC4C6)c4cccc2c43)cc1.CCc1ccc(N2c3ccc(C(C)(C)C)cc3B3c4cccc5c4N(c4ccccc4C54C5CC6CC(C5)CC4C6)c4cccc2c43)cc1.Cc1ccc(N2c3cc(C(C)C)ccc3B3c4cccc5c4N(c4ccccc4C54C5CC6CC(C5)CC4C6)c4cccc2c43)cc1. The lowest BCUT2D eigenvalue weighted by Crippen LogP contribution is -2.64. The van der Waals surface area contributed by atoms with Crippen LogP contribution in [0.2, 0.25) is 0 Å². The summed E-state index contributed by atoms with van der Waals surface area (Å²) in [5, 5.41) is 0. The first-order chi connectivity index (χ1) is 70.7. The Morgan fingerprint density at radius 2 is 0.545 bits per heavy atom. The molecule has 0 radical (unpaired) electrons. The Bertz CT molecular complexity index is 7900. The number of hydrogen-bond acceptors (Lipinski definition) is 6. The number of benzene rings is 15. The number of nitrogens with zero attached hydrogens (tertiary/aromatic N) is 6. The largest absolute Gasteiger partial charge is 0.311 e. The van der Waals surface area contributed by atoms with E-state index in [1.807, 2.05) is 0 Å². The second-order valence-electron chi connectivity index (χ2n) is 50.6. The number of rotatable bonds is 6. The summed E-state index contributed by atoms with van der Waals surface area (Å²) >= 11 is 0. The van der Waals surface area contributed by atoms with E-state index in [4.69, 9.17) is 0 Å². The summed E-state index contributed by atoms with van der Waals surface area (Å²) in [5.41, 5.74) is 55.9. The van der Waals surface area contributed by atoms with E-state index < -0.39 is 0 Å². The molecule has 3 spiro atoms. The predicted molar refractivity (Wildman–Crippen MR) is 610 cm³/mol. The molecule has 21 aliphatic rings. The molecule has 0 unspecified atom stereocenters. The monoisotopic (exact) mass is 1880 g/mol. The maximum absolute atomic E-state index is 2.71. The van der Waals surface area contributed by atoms with Crippen molar-refractivity contribution in [1.82, 2.24) is 0 Å². The molecular formula is C136H131B3N6. The highest BCUT2D eigenvalue weighted by Gasteiger charge is 2.68. The van der Waals surface area contributed by atoms with Crippen LogP contribution in [-0.4, -0.2) is 20.1 Å². The molecule has 9 heteroatoms. The molecule has 12 aliphatic carbocycles. The minimum atomic E-state index is 0.0553. The van der Waals surface area contributed by atoms with Gasteiger partial charge in [-0.25, -0.2) is 0 Å². The summed E-state index contributed by atoms with van der Waals surface area (Å²) in [7, 11) is 0. The molecule has 0 saturated heterocycles. The number of para-hydroxylation sites is 6. The molecule has 0 N–H and O–H groups in total. The second kappa shape index (κ2) is 31.0. The number of aryl methyl sites for hydroxylation is 3. The van der Waals surface area contributed by atoms with E-state index in [1.165, 1.54) is 281 Å². The van der Waals surface area contributed by atoms with Gasteiger partial charge in [-0.15, -0.1) is 0 Å². The van der Waals surface area contributed by atoms with E-state index in [1.54, 1.807) is 33.4 Å². The van der Waals surface area contributed by atoms with Crippen molar-refractivity contribution in [3.63, 3.8) is 0 Å². The maximum Gasteiger partial charge on any atom is 0.252 e. The molecule has 12 saturated carbocycles. The van der Waals surface area contributed by atoms with E-state index in [0.29, 0.717) is 5.92 Å². The van der Waals surface area contributed by atoms with Crippen molar-refractivity contribution in [2.45, 2.75) is 218 Å². The number of anilines is 18. The molecule has 0 aromatic heterocycles. The van der Waals surface area contributed by atoms with Gasteiger partial charge >= 0.3 is 0 Å². The van der Waals surface area contributed by atoms with Gasteiger partial charge in [0.05, 0.1) is 17.1 Å². The van der Waals surface area contributed by atoms with Crippen molar-refractivity contribution in [2.75, 3.05) is 29.4 Å². The van der Waals surface area contributed by atoms with Gasteiger partial charge in [0, 0.05) is 102 Å². The molecule has 12 fully saturated rings. The van der Waals surface area contributed by atoms with Crippen LogP contribution in [0.15, 0.2) is 309 Å². The molecule has 0 atom stereocenters. The highest BCUT2D eigenvalue weighted by Crippen LogP contribution is 2.75. The first kappa shape index (κ1) is 86.6. The van der Waals surface area contributed by atoms with Crippen LogP contribution in [0, 0.1) is 77.9 Å². The third-order valence-corrected chi connectivity index (χ3v) is 41.3. The zero-order chi connectivity index (χ0) is 96.8. The fourth-order valence-corrected chi connectivity index (χ4v) is 36.2. The molecule has 714 valence electrons. The van der Waals surface area contributed by atoms with Gasteiger partial charge in [0.25, 0.3) is 20.1 Å². The molecule has 0 amide bonds. The molecular weight excluding hydrogens is 1750 g/mol. The average Bonchev–Trinajstić information content (AvgIpc) is 0.667. The van der Waals surface area contributed by atoms with E-state index in [-0.39, 0.29) is 47.2 Å². The topological polar surface area (TPSA) is 19.4 Å². The summed E-state index contributed by atoms with van der Waals surface area (Å²) in [6.07, 6.45) is 23.4. The Hall–Kier alpha value is -12.7. The molecule has 12 bridgehead atoms. The lowest BCUT2D eigenvalue weighted by molar-refractivity contribution is -0.0419. The minimum Gasteiger partial charge on any atom is -0.311 e. The maximum atomic E-state index is 2.71. The van der Waals surface area contributed by atoms with E-state index >= 15 is 0 Å². The van der Waals surface area contributed by atoms with Crippen LogP contribution in [-0.2, 0) is 39.9 Å². The van der Waals surface area contributed by atoms with Crippen LogP contribution in [0.4, 0.5) is 102 Å². The standard InChI is InChI=1S/2C46H45BN2.C44H41BN2/c1-5-28-16-19-34(20-17-28)48-40-14-9-15-41-43(40)47(37-21-18-31(27-42(37)48)45(2,3)4)38-12-8-11-36-44(38)49(41)39-13-7-6-10-35(39)46(36)32-23-29-22-30(25-32)26-33(46)24-29;1-5-28-16-19-34(20-17-28)48-40-21-18-31(45(2,3)4)27-38(40)47-37-12-8-11-36-44(37)49(42-15-9-14-41(48)43(42)47)39-13-7-6-10-35(39)46(36)32-23-29-22-30(25-32)26-33(46)24-29;1-26(2)30-16-19-36-41(25-30)46(33-17-14-27(3)15-18-33)39-12-7-13-40-42(39)45(36)37-10-6-9-35-43(37)47(40)38-11-5-4-8-34(38)44(35)31-21-28-20-29(23-31)24-32(44)22-28/h2*6-21,27,29-30,32-33H,5,22-26H2,1-4H3;4-19,25-26,28-29,31-32H,20-24H2,1-3H3. The van der Waals surface area contributed by atoms with Crippen molar-refractivity contribution in [3.8, 4) is 0 Å².